The fourth-order valence-corrected chi connectivity index (χ4v) is 0. The Morgan fingerprint density at radius 1 is 2.00 bits per heavy atom. The van der Waals surface area contributed by atoms with Gasteiger partial charge in [0.05, 0.1) is 10.2 Å². The molecule has 0 bridgehead atoms. The van der Waals surface area contributed by atoms with E-state index in [4.69, 9.17) is 11.6 Å². The van der Waals surface area contributed by atoms with Gasteiger partial charge in [-0.3, -0.25) is 0 Å². The van der Waals surface area contributed by atoms with Crippen molar-refractivity contribution in [2.45, 2.75) is 5.00 Å². The molecule has 0 N–H and O–H groups in total. The molecule has 0 amide bonds. The van der Waals surface area contributed by atoms with E-state index in [1.807, 2.05) is 0 Å². The first-order valence-electron chi connectivity index (χ1n) is 1.25. The first-order valence-corrected chi connectivity index (χ1v) is 2.26. The smallest absolute Gasteiger partial charge is 0.0545 e. The minimum absolute atomic E-state index is 0.0741. The van der Waals surface area contributed by atoms with E-state index in [0.717, 1.165) is 0 Å². The molecule has 0 heterocycles. The molecule has 0 spiro atoms. The average molecular weight is 104 g/mol. The number of alkyl halides is 1. The molecule has 5 heavy (non-hydrogen) atoms. The highest BCUT2D eigenvalue weighted by Crippen LogP contribution is 1.84. The predicted octanol–water partition coefficient (Wildman–Crippen LogP) is 0.906. The van der Waals surface area contributed by atoms with Crippen molar-refractivity contribution in [3.63, 3.8) is 0 Å². The Morgan fingerprint density at radius 3 is 2.20 bits per heavy atom. The van der Waals surface area contributed by atoms with Gasteiger partial charge in [-0.15, -0.1) is 18.2 Å². The lowest BCUT2D eigenvalue weighted by Crippen LogP contribution is -1.85. The molecule has 1 unspecified atom stereocenters. The monoisotopic (exact) mass is 103 g/mol. The molecule has 3 radical (unpaired) electrons. The van der Waals surface area contributed by atoms with E-state index in [0.29, 0.717) is 0 Å². The number of hydrogen-bond donors (Lipinski definition) is 0. The number of halogens is 1. The van der Waals surface area contributed by atoms with Crippen molar-refractivity contribution >= 4 is 21.8 Å². The Labute approximate surface area is 40.3 Å². The van der Waals surface area contributed by atoms with Crippen LogP contribution in [0.15, 0.2) is 12.7 Å². The zero-order chi connectivity index (χ0) is 4.28. The van der Waals surface area contributed by atoms with Gasteiger partial charge in [-0.05, 0) is 0 Å². The lowest BCUT2D eigenvalue weighted by molar-refractivity contribution is 1.63. The van der Waals surface area contributed by atoms with Crippen molar-refractivity contribution in [1.29, 1.82) is 0 Å². The van der Waals surface area contributed by atoms with Crippen molar-refractivity contribution in [2.24, 2.45) is 0 Å². The van der Waals surface area contributed by atoms with E-state index in [1.54, 1.807) is 6.08 Å². The highest BCUT2D eigenvalue weighted by molar-refractivity contribution is 6.41. The molecule has 0 aliphatic heterocycles. The third kappa shape index (κ3) is 4.25. The summed E-state index contributed by atoms with van der Waals surface area (Å²) < 4.78 is 0. The van der Waals surface area contributed by atoms with E-state index in [9.17, 15) is 0 Å². The van der Waals surface area contributed by atoms with Crippen LogP contribution in [0.25, 0.3) is 0 Å². The van der Waals surface area contributed by atoms with Crippen molar-refractivity contribution in [2.75, 3.05) is 0 Å². The molecule has 0 aliphatic carbocycles. The van der Waals surface area contributed by atoms with Gasteiger partial charge in [0.1, 0.15) is 0 Å². The largest absolute Gasteiger partial charge is 0.123 e. The molecular formula is C3H4ClSi. The molecule has 0 rings (SSSR count). The van der Waals surface area contributed by atoms with Crippen LogP contribution >= 0.6 is 11.6 Å². The average Bonchev–Trinajstić information content (AvgIpc) is 1.38. The van der Waals surface area contributed by atoms with E-state index >= 15 is 0 Å². The van der Waals surface area contributed by atoms with Gasteiger partial charge >= 0.3 is 0 Å². The molecule has 0 saturated carbocycles. The van der Waals surface area contributed by atoms with Crippen LogP contribution in [0.1, 0.15) is 0 Å². The van der Waals surface area contributed by atoms with E-state index in [2.05, 4.69) is 16.8 Å². The lowest BCUT2D eigenvalue weighted by Gasteiger charge is -1.80. The Balaban J connectivity index is 2.83. The van der Waals surface area contributed by atoms with Crippen LogP contribution in [-0.2, 0) is 0 Å². The molecule has 2 heteroatoms. The van der Waals surface area contributed by atoms with Crippen LogP contribution in [0.3, 0.4) is 0 Å². The molecule has 0 saturated heterocycles. The van der Waals surface area contributed by atoms with Crippen LogP contribution in [0.4, 0.5) is 0 Å². The second-order valence-electron chi connectivity index (χ2n) is 0.637. The summed E-state index contributed by atoms with van der Waals surface area (Å²) in [7, 11) is 3.06. The van der Waals surface area contributed by atoms with Gasteiger partial charge in [0.2, 0.25) is 0 Å². The lowest BCUT2D eigenvalue weighted by atomic mass is 10.8. The molecule has 0 aromatic heterocycles. The molecule has 0 aromatic rings. The van der Waals surface area contributed by atoms with Crippen LogP contribution in [0.5, 0.6) is 0 Å². The fraction of sp³-hybridized carbons (Fsp3) is 0.333. The van der Waals surface area contributed by atoms with Gasteiger partial charge in [-0.25, -0.2) is 0 Å². The highest BCUT2D eigenvalue weighted by atomic mass is 35.5. The summed E-state index contributed by atoms with van der Waals surface area (Å²) >= 11 is 5.26. The maximum Gasteiger partial charge on any atom is 0.0545 e. The highest BCUT2D eigenvalue weighted by Gasteiger charge is 1.78. The third-order valence-corrected chi connectivity index (χ3v) is 0.621. The van der Waals surface area contributed by atoms with Gasteiger partial charge in [0, 0.05) is 5.00 Å². The van der Waals surface area contributed by atoms with E-state index in [-0.39, 0.29) is 5.00 Å². The summed E-state index contributed by atoms with van der Waals surface area (Å²) in [5.74, 6) is 0. The molecule has 0 nitrogen and oxygen atoms in total. The second kappa shape index (κ2) is 2.48. The maximum absolute atomic E-state index is 5.26. The SMILES string of the molecule is C=CC([Si])Cl. The van der Waals surface area contributed by atoms with Gasteiger partial charge in [-0.2, -0.15) is 0 Å². The molecular weight excluding hydrogens is 99.6 g/mol. The maximum atomic E-state index is 5.26. The summed E-state index contributed by atoms with van der Waals surface area (Å²) in [4.78, 5) is 0. The summed E-state index contributed by atoms with van der Waals surface area (Å²) in [6, 6.07) is 0. The summed E-state index contributed by atoms with van der Waals surface area (Å²) in [6.07, 6.45) is 1.60. The first-order chi connectivity index (χ1) is 2.27. The predicted molar refractivity (Wildman–Crippen MR) is 25.6 cm³/mol. The van der Waals surface area contributed by atoms with Crippen molar-refractivity contribution in [3.05, 3.63) is 12.7 Å². The van der Waals surface area contributed by atoms with Crippen LogP contribution in [0, 0.1) is 0 Å². The van der Waals surface area contributed by atoms with Crippen LogP contribution in [-0.4, -0.2) is 15.2 Å². The first kappa shape index (κ1) is 5.25. The van der Waals surface area contributed by atoms with Crippen LogP contribution < -0.4 is 0 Å². The van der Waals surface area contributed by atoms with E-state index < -0.39 is 0 Å². The number of allylic oxidation sites excluding steroid dienone is 1. The number of rotatable bonds is 1. The van der Waals surface area contributed by atoms with Crippen molar-refractivity contribution < 1.29 is 0 Å². The van der Waals surface area contributed by atoms with Crippen molar-refractivity contribution in [1.82, 2.24) is 0 Å². The van der Waals surface area contributed by atoms with E-state index in [1.165, 1.54) is 0 Å². The van der Waals surface area contributed by atoms with Gasteiger partial charge < -0.3 is 0 Å². The summed E-state index contributed by atoms with van der Waals surface area (Å²) in [5, 5.41) is -0.0741. The second-order valence-corrected chi connectivity index (χ2v) is 2.10. The summed E-state index contributed by atoms with van der Waals surface area (Å²) in [5.41, 5.74) is 0. The minimum atomic E-state index is -0.0741. The minimum Gasteiger partial charge on any atom is -0.123 e. The van der Waals surface area contributed by atoms with Gasteiger partial charge in [0.25, 0.3) is 0 Å². The van der Waals surface area contributed by atoms with Crippen LogP contribution in [0.2, 0.25) is 0 Å². The standard InChI is InChI=1S/C3H4ClSi/c1-2-3(4)5/h2-3H,1H2. The Morgan fingerprint density at radius 2 is 2.20 bits per heavy atom. The molecule has 0 aromatic carbocycles. The zero-order valence-corrected chi connectivity index (χ0v) is 4.50. The molecule has 27 valence electrons. The van der Waals surface area contributed by atoms with Gasteiger partial charge in [0.15, 0.2) is 0 Å². The summed E-state index contributed by atoms with van der Waals surface area (Å²) in [6.45, 7) is 3.38. The normalized spacial score (nSPS) is 14.0. The third-order valence-electron chi connectivity index (χ3n) is 0.207. The Bertz CT molecular complexity index is 33.9. The topological polar surface area (TPSA) is 0 Å². The quantitative estimate of drug-likeness (QED) is 0.263. The Hall–Kier alpha value is 0.247. The zero-order valence-electron chi connectivity index (χ0n) is 2.74. The molecule has 0 fully saturated rings. The molecule has 0 aliphatic rings. The number of hydrogen-bond acceptors (Lipinski definition) is 0. The fourth-order valence-electron chi connectivity index (χ4n) is 0. The Kier molecular flexibility index (Phi) is 2.60. The van der Waals surface area contributed by atoms with Gasteiger partial charge in [-0.1, -0.05) is 6.08 Å². The molecule has 1 atom stereocenters. The van der Waals surface area contributed by atoms with Crippen molar-refractivity contribution in [3.8, 4) is 0 Å².